The van der Waals surface area contributed by atoms with Gasteiger partial charge >= 0.3 is 0 Å². The molecule has 3 nitrogen and oxygen atoms in total. The van der Waals surface area contributed by atoms with Gasteiger partial charge in [0, 0.05) is 12.3 Å². The Morgan fingerprint density at radius 2 is 1.93 bits per heavy atom. The molecule has 0 saturated heterocycles. The molecule has 3 heteroatoms. The van der Waals surface area contributed by atoms with Gasteiger partial charge in [0.25, 0.3) is 0 Å². The van der Waals surface area contributed by atoms with Crippen LogP contribution in [0.2, 0.25) is 0 Å². The minimum absolute atomic E-state index is 0.492. The van der Waals surface area contributed by atoms with Crippen LogP contribution in [-0.4, -0.2) is 38.3 Å². The van der Waals surface area contributed by atoms with E-state index < -0.39 is 0 Å². The Hall–Kier alpha value is -0.540. The fraction of sp³-hybridized carbons (Fsp3) is 0.833. The second kappa shape index (κ2) is 9.99. The predicted molar refractivity (Wildman–Crippen MR) is 65.8 cm³/mol. The summed E-state index contributed by atoms with van der Waals surface area (Å²) >= 11 is 0. The molecule has 0 aromatic heterocycles. The molecule has 0 atom stereocenters. The van der Waals surface area contributed by atoms with Gasteiger partial charge in [-0.2, -0.15) is 0 Å². The van der Waals surface area contributed by atoms with E-state index in [1.165, 1.54) is 25.8 Å². The van der Waals surface area contributed by atoms with Crippen molar-refractivity contribution in [2.45, 2.75) is 32.6 Å². The molecule has 90 valence electrons. The van der Waals surface area contributed by atoms with E-state index in [1.807, 2.05) is 0 Å². The third-order valence-electron chi connectivity index (χ3n) is 2.26. The number of nitrogens with zero attached hydrogens (tertiary/aromatic N) is 1. The van der Waals surface area contributed by atoms with E-state index in [1.54, 1.807) is 0 Å². The van der Waals surface area contributed by atoms with Crippen LogP contribution >= 0.6 is 0 Å². The van der Waals surface area contributed by atoms with E-state index in [2.05, 4.69) is 25.5 Å². The summed E-state index contributed by atoms with van der Waals surface area (Å²) in [5.74, 6) is 0. The quantitative estimate of drug-likeness (QED) is 0.565. The molecule has 0 radical (unpaired) electrons. The average Bonchev–Trinajstić information content (AvgIpc) is 2.19. The van der Waals surface area contributed by atoms with Crippen molar-refractivity contribution in [3.63, 3.8) is 0 Å². The highest BCUT2D eigenvalue weighted by Crippen LogP contribution is 1.97. The third-order valence-corrected chi connectivity index (χ3v) is 2.26. The van der Waals surface area contributed by atoms with Gasteiger partial charge in [0.2, 0.25) is 0 Å². The monoisotopic (exact) mass is 214 g/mol. The molecular weight excluding hydrogens is 188 g/mol. The van der Waals surface area contributed by atoms with Gasteiger partial charge < -0.3 is 15.4 Å². The van der Waals surface area contributed by atoms with Crippen molar-refractivity contribution in [2.24, 2.45) is 5.73 Å². The van der Waals surface area contributed by atoms with Gasteiger partial charge in [-0.25, -0.2) is 0 Å². The molecule has 0 unspecified atom stereocenters. The van der Waals surface area contributed by atoms with Crippen molar-refractivity contribution in [1.29, 1.82) is 0 Å². The summed E-state index contributed by atoms with van der Waals surface area (Å²) in [4.78, 5) is 2.38. The highest BCUT2D eigenvalue weighted by Gasteiger charge is 1.97. The van der Waals surface area contributed by atoms with Gasteiger partial charge in [-0.1, -0.05) is 19.9 Å². The highest BCUT2D eigenvalue weighted by atomic mass is 16.5. The van der Waals surface area contributed by atoms with Crippen molar-refractivity contribution < 1.29 is 4.74 Å². The lowest BCUT2D eigenvalue weighted by Gasteiger charge is -2.15. The molecule has 0 spiro atoms. The Morgan fingerprint density at radius 3 is 2.53 bits per heavy atom. The maximum Gasteiger partial charge on any atom is 0.0854 e. The van der Waals surface area contributed by atoms with Gasteiger partial charge in [-0.15, -0.1) is 0 Å². The normalized spacial score (nSPS) is 10.9. The zero-order valence-electron chi connectivity index (χ0n) is 10.3. The Morgan fingerprint density at radius 1 is 1.27 bits per heavy atom. The van der Waals surface area contributed by atoms with Crippen LogP contribution in [0.15, 0.2) is 12.3 Å². The largest absolute Gasteiger partial charge is 0.401 e. The second-order valence-electron chi connectivity index (χ2n) is 4.07. The maximum atomic E-state index is 5.38. The van der Waals surface area contributed by atoms with Crippen LogP contribution in [-0.2, 0) is 4.74 Å². The molecule has 0 amide bonds. The number of hydrogen-bond donors (Lipinski definition) is 1. The molecule has 0 aliphatic heterocycles. The van der Waals surface area contributed by atoms with Crippen LogP contribution in [0.3, 0.4) is 0 Å². The Kier molecular flexibility index (Phi) is 9.63. The summed E-state index contributed by atoms with van der Waals surface area (Å²) < 4.78 is 5.31. The summed E-state index contributed by atoms with van der Waals surface area (Å²) in [6, 6.07) is 0. The van der Waals surface area contributed by atoms with E-state index in [9.17, 15) is 0 Å². The van der Waals surface area contributed by atoms with Crippen molar-refractivity contribution in [2.75, 3.05) is 33.4 Å². The summed E-state index contributed by atoms with van der Waals surface area (Å²) in [7, 11) is 2.18. The molecule has 0 aromatic carbocycles. The minimum atomic E-state index is 0.492. The number of rotatable bonds is 10. The van der Waals surface area contributed by atoms with Gasteiger partial charge in [0.1, 0.15) is 0 Å². The van der Waals surface area contributed by atoms with Gasteiger partial charge in [-0.3, -0.25) is 0 Å². The lowest BCUT2D eigenvalue weighted by molar-refractivity contribution is 0.148. The number of ether oxygens (including phenoxy) is 1. The second-order valence-corrected chi connectivity index (χ2v) is 4.07. The van der Waals surface area contributed by atoms with Crippen LogP contribution in [0.4, 0.5) is 0 Å². The Bertz CT molecular complexity index is 160. The van der Waals surface area contributed by atoms with E-state index in [-0.39, 0.29) is 0 Å². The zero-order valence-corrected chi connectivity index (χ0v) is 10.3. The molecule has 0 saturated carbocycles. The smallest absolute Gasteiger partial charge is 0.0854 e. The lowest BCUT2D eigenvalue weighted by atomic mass is 10.3. The Labute approximate surface area is 94.3 Å². The number of unbranched alkanes of at least 4 members (excludes halogenated alkanes) is 2. The van der Waals surface area contributed by atoms with Crippen LogP contribution < -0.4 is 5.73 Å². The van der Waals surface area contributed by atoms with Gasteiger partial charge in [-0.05, 0) is 39.4 Å². The predicted octanol–water partition coefficient (Wildman–Crippen LogP) is 1.99. The molecule has 0 aromatic rings. The standard InChI is InChI=1S/C12H26N2O/c1-4-5-8-14(3)9-6-7-10-15-11-12(2)13/h2,4-11,13H2,1,3H3. The van der Waals surface area contributed by atoms with Crippen molar-refractivity contribution in [1.82, 2.24) is 4.90 Å². The van der Waals surface area contributed by atoms with Crippen LogP contribution in [0.1, 0.15) is 32.6 Å². The first-order valence-corrected chi connectivity index (χ1v) is 5.86. The van der Waals surface area contributed by atoms with E-state index in [0.717, 1.165) is 19.6 Å². The number of hydrogen-bond acceptors (Lipinski definition) is 3. The fourth-order valence-electron chi connectivity index (χ4n) is 1.33. The van der Waals surface area contributed by atoms with E-state index in [4.69, 9.17) is 10.5 Å². The Balaban J connectivity index is 3.12. The molecule has 0 aliphatic rings. The van der Waals surface area contributed by atoms with Crippen molar-refractivity contribution in [3.8, 4) is 0 Å². The highest BCUT2D eigenvalue weighted by molar-refractivity contribution is 4.84. The molecule has 0 bridgehead atoms. The summed E-state index contributed by atoms with van der Waals surface area (Å²) in [6.45, 7) is 9.45. The maximum absolute atomic E-state index is 5.38. The van der Waals surface area contributed by atoms with Crippen LogP contribution in [0, 0.1) is 0 Å². The molecule has 15 heavy (non-hydrogen) atoms. The molecule has 2 N–H and O–H groups in total. The van der Waals surface area contributed by atoms with Crippen LogP contribution in [0.5, 0.6) is 0 Å². The summed E-state index contributed by atoms with van der Waals surface area (Å²) in [5.41, 5.74) is 5.99. The molecule has 0 heterocycles. The first kappa shape index (κ1) is 14.5. The summed E-state index contributed by atoms with van der Waals surface area (Å²) in [5, 5.41) is 0. The average molecular weight is 214 g/mol. The van der Waals surface area contributed by atoms with Crippen molar-refractivity contribution in [3.05, 3.63) is 12.3 Å². The topological polar surface area (TPSA) is 38.5 Å². The molecule has 0 aliphatic carbocycles. The van der Waals surface area contributed by atoms with E-state index in [0.29, 0.717) is 12.3 Å². The third kappa shape index (κ3) is 11.4. The molecule has 0 rings (SSSR count). The van der Waals surface area contributed by atoms with Gasteiger partial charge in [0.05, 0.1) is 6.61 Å². The fourth-order valence-corrected chi connectivity index (χ4v) is 1.33. The minimum Gasteiger partial charge on any atom is -0.401 e. The number of nitrogens with two attached hydrogens (primary N) is 1. The lowest BCUT2D eigenvalue weighted by Crippen LogP contribution is -2.21. The molecule has 0 fully saturated rings. The summed E-state index contributed by atoms with van der Waals surface area (Å²) in [6.07, 6.45) is 4.85. The van der Waals surface area contributed by atoms with Crippen molar-refractivity contribution >= 4 is 0 Å². The molecular formula is C12H26N2O. The zero-order chi connectivity index (χ0) is 11.5. The van der Waals surface area contributed by atoms with E-state index >= 15 is 0 Å². The first-order chi connectivity index (χ1) is 7.16. The van der Waals surface area contributed by atoms with Crippen LogP contribution in [0.25, 0.3) is 0 Å². The first-order valence-electron chi connectivity index (χ1n) is 5.86. The van der Waals surface area contributed by atoms with Gasteiger partial charge in [0.15, 0.2) is 0 Å². The SMILES string of the molecule is C=C(N)COCCCCN(C)CCCC.